The number of aromatic nitrogens is 2. The van der Waals surface area contributed by atoms with Crippen molar-refractivity contribution >= 4 is 23.2 Å². The molecule has 7 nitrogen and oxygen atoms in total. The van der Waals surface area contributed by atoms with E-state index in [4.69, 9.17) is 21.1 Å². The SMILES string of the molecule is COc1cc(OC)c(NC(=O)Cn2nc(-c3ccc(C)c(C)c3)ccc2=O)cc1Cl. The van der Waals surface area contributed by atoms with Crippen LogP contribution in [-0.4, -0.2) is 29.9 Å². The molecule has 0 aliphatic heterocycles. The Bertz CT molecular complexity index is 1160. The molecule has 3 rings (SSSR count). The van der Waals surface area contributed by atoms with Crippen molar-refractivity contribution in [2.75, 3.05) is 19.5 Å². The van der Waals surface area contributed by atoms with E-state index in [0.717, 1.165) is 15.8 Å². The Morgan fingerprint density at radius 1 is 1.03 bits per heavy atom. The number of nitrogens with zero attached hydrogens (tertiary/aromatic N) is 2. The fourth-order valence-electron chi connectivity index (χ4n) is 2.90. The van der Waals surface area contributed by atoms with Gasteiger partial charge in [-0.1, -0.05) is 23.7 Å². The van der Waals surface area contributed by atoms with Gasteiger partial charge in [-0.25, -0.2) is 4.68 Å². The van der Waals surface area contributed by atoms with Gasteiger partial charge in [0, 0.05) is 17.7 Å². The van der Waals surface area contributed by atoms with Crippen LogP contribution in [0, 0.1) is 13.8 Å². The number of hydrogen-bond acceptors (Lipinski definition) is 5. The van der Waals surface area contributed by atoms with Crippen LogP contribution >= 0.6 is 11.6 Å². The maximum Gasteiger partial charge on any atom is 0.267 e. The van der Waals surface area contributed by atoms with E-state index in [2.05, 4.69) is 10.4 Å². The number of hydrogen-bond donors (Lipinski definition) is 1. The molecule has 156 valence electrons. The van der Waals surface area contributed by atoms with Crippen molar-refractivity contribution < 1.29 is 14.3 Å². The first-order valence-corrected chi connectivity index (χ1v) is 9.57. The molecule has 0 saturated heterocycles. The quantitative estimate of drug-likeness (QED) is 0.646. The van der Waals surface area contributed by atoms with Crippen LogP contribution in [0.15, 0.2) is 47.3 Å². The third-order valence-electron chi connectivity index (χ3n) is 4.71. The lowest BCUT2D eigenvalue weighted by Crippen LogP contribution is -2.29. The summed E-state index contributed by atoms with van der Waals surface area (Å²) in [5.74, 6) is 0.362. The zero-order valence-electron chi connectivity index (χ0n) is 17.2. The topological polar surface area (TPSA) is 82.4 Å². The van der Waals surface area contributed by atoms with Crippen molar-refractivity contribution in [3.63, 3.8) is 0 Å². The fourth-order valence-corrected chi connectivity index (χ4v) is 3.14. The molecule has 1 N–H and O–H groups in total. The molecule has 0 saturated carbocycles. The van der Waals surface area contributed by atoms with Gasteiger partial charge in [-0.05, 0) is 43.2 Å². The summed E-state index contributed by atoms with van der Waals surface area (Å²) >= 11 is 6.14. The average molecular weight is 428 g/mol. The molecule has 0 bridgehead atoms. The van der Waals surface area contributed by atoms with Crippen LogP contribution < -0.4 is 20.3 Å². The molecule has 30 heavy (non-hydrogen) atoms. The average Bonchev–Trinajstić information content (AvgIpc) is 2.72. The number of aryl methyl sites for hydroxylation is 2. The number of amides is 1. The highest BCUT2D eigenvalue weighted by atomic mass is 35.5. The van der Waals surface area contributed by atoms with Gasteiger partial charge >= 0.3 is 0 Å². The van der Waals surface area contributed by atoms with Gasteiger partial charge in [-0.3, -0.25) is 9.59 Å². The van der Waals surface area contributed by atoms with Crippen molar-refractivity contribution in [3.05, 3.63) is 69.0 Å². The molecular formula is C22H22ClN3O4. The highest BCUT2D eigenvalue weighted by Gasteiger charge is 2.14. The second kappa shape index (κ2) is 9.00. The number of methoxy groups -OCH3 is 2. The molecule has 3 aromatic rings. The minimum absolute atomic E-state index is 0.260. The largest absolute Gasteiger partial charge is 0.495 e. The molecule has 0 unspecified atom stereocenters. The number of halogens is 1. The predicted molar refractivity (Wildman–Crippen MR) is 117 cm³/mol. The summed E-state index contributed by atoms with van der Waals surface area (Å²) in [5, 5.41) is 7.37. The zero-order valence-corrected chi connectivity index (χ0v) is 17.9. The van der Waals surface area contributed by atoms with Gasteiger partial charge < -0.3 is 14.8 Å². The van der Waals surface area contributed by atoms with Crippen molar-refractivity contribution in [1.29, 1.82) is 0 Å². The number of nitrogens with one attached hydrogen (secondary N) is 1. The van der Waals surface area contributed by atoms with E-state index in [1.807, 2.05) is 32.0 Å². The summed E-state index contributed by atoms with van der Waals surface area (Å²) in [7, 11) is 2.96. The second-order valence-electron chi connectivity index (χ2n) is 6.75. The number of benzene rings is 2. The first-order valence-electron chi connectivity index (χ1n) is 9.19. The number of ether oxygens (including phenoxy) is 2. The van der Waals surface area contributed by atoms with Gasteiger partial charge in [-0.2, -0.15) is 5.10 Å². The van der Waals surface area contributed by atoms with E-state index in [1.54, 1.807) is 12.1 Å². The van der Waals surface area contributed by atoms with E-state index >= 15 is 0 Å². The second-order valence-corrected chi connectivity index (χ2v) is 7.16. The molecule has 8 heteroatoms. The van der Waals surface area contributed by atoms with E-state index in [1.165, 1.54) is 31.9 Å². The summed E-state index contributed by atoms with van der Waals surface area (Å²) in [5.41, 5.74) is 3.75. The summed E-state index contributed by atoms with van der Waals surface area (Å²) < 4.78 is 11.6. The summed E-state index contributed by atoms with van der Waals surface area (Å²) in [6.07, 6.45) is 0. The van der Waals surface area contributed by atoms with E-state index < -0.39 is 5.91 Å². The molecular weight excluding hydrogens is 406 g/mol. The van der Waals surface area contributed by atoms with Crippen LogP contribution in [0.3, 0.4) is 0 Å². The Morgan fingerprint density at radius 3 is 2.43 bits per heavy atom. The molecule has 0 spiro atoms. The van der Waals surface area contributed by atoms with Gasteiger partial charge in [0.15, 0.2) is 0 Å². The highest BCUT2D eigenvalue weighted by Crippen LogP contribution is 2.35. The van der Waals surface area contributed by atoms with Crippen molar-refractivity contribution in [1.82, 2.24) is 9.78 Å². The lowest BCUT2D eigenvalue weighted by Gasteiger charge is -2.13. The van der Waals surface area contributed by atoms with Gasteiger partial charge in [0.05, 0.1) is 30.6 Å². The highest BCUT2D eigenvalue weighted by molar-refractivity contribution is 6.32. The fraction of sp³-hybridized carbons (Fsp3) is 0.227. The Balaban J connectivity index is 1.84. The Kier molecular flexibility index (Phi) is 6.42. The summed E-state index contributed by atoms with van der Waals surface area (Å²) in [6.45, 7) is 3.78. The maximum absolute atomic E-state index is 12.6. The molecule has 2 aromatic carbocycles. The standard InChI is InChI=1S/C22H22ClN3O4/c1-13-5-6-15(9-14(13)2)17-7-8-22(28)26(25-17)12-21(27)24-18-10-16(23)19(29-3)11-20(18)30-4/h5-11H,12H2,1-4H3,(H,24,27). The Hall–Kier alpha value is -3.32. The normalized spacial score (nSPS) is 10.6. The maximum atomic E-state index is 12.6. The van der Waals surface area contributed by atoms with Gasteiger partial charge in [0.2, 0.25) is 5.91 Å². The number of carbonyl (C=O) groups is 1. The van der Waals surface area contributed by atoms with Crippen LogP contribution in [0.25, 0.3) is 11.3 Å². The lowest BCUT2D eigenvalue weighted by molar-refractivity contribution is -0.117. The smallest absolute Gasteiger partial charge is 0.267 e. The van der Waals surface area contributed by atoms with Crippen LogP contribution in [0.2, 0.25) is 5.02 Å². The number of anilines is 1. The molecule has 1 amide bonds. The van der Waals surface area contributed by atoms with Crippen molar-refractivity contribution in [3.8, 4) is 22.8 Å². The third-order valence-corrected chi connectivity index (χ3v) is 5.01. The number of carbonyl (C=O) groups excluding carboxylic acids is 1. The molecule has 0 aliphatic carbocycles. The minimum atomic E-state index is -0.443. The molecule has 0 atom stereocenters. The zero-order chi connectivity index (χ0) is 21.8. The molecule has 0 fully saturated rings. The molecule has 1 aromatic heterocycles. The monoisotopic (exact) mass is 427 g/mol. The van der Waals surface area contributed by atoms with Gasteiger partial charge in [0.25, 0.3) is 5.56 Å². The van der Waals surface area contributed by atoms with Gasteiger partial charge in [0.1, 0.15) is 18.0 Å². The van der Waals surface area contributed by atoms with Gasteiger partial charge in [-0.15, -0.1) is 0 Å². The van der Waals surface area contributed by atoms with Crippen LogP contribution in [-0.2, 0) is 11.3 Å². The summed E-state index contributed by atoms with van der Waals surface area (Å²) in [4.78, 5) is 24.8. The lowest BCUT2D eigenvalue weighted by atomic mass is 10.0. The van der Waals surface area contributed by atoms with Crippen molar-refractivity contribution in [2.45, 2.75) is 20.4 Å². The predicted octanol–water partition coefficient (Wildman–Crippen LogP) is 3.84. The van der Waals surface area contributed by atoms with Crippen LogP contribution in [0.4, 0.5) is 5.69 Å². The molecule has 0 aliphatic rings. The minimum Gasteiger partial charge on any atom is -0.495 e. The molecule has 0 radical (unpaired) electrons. The van der Waals surface area contributed by atoms with Crippen LogP contribution in [0.5, 0.6) is 11.5 Å². The van der Waals surface area contributed by atoms with E-state index in [9.17, 15) is 9.59 Å². The number of rotatable bonds is 6. The van der Waals surface area contributed by atoms with Crippen LogP contribution in [0.1, 0.15) is 11.1 Å². The Labute approximate surface area is 179 Å². The van der Waals surface area contributed by atoms with E-state index in [-0.39, 0.29) is 12.1 Å². The third kappa shape index (κ3) is 4.63. The Morgan fingerprint density at radius 2 is 1.77 bits per heavy atom. The van der Waals surface area contributed by atoms with Crippen molar-refractivity contribution in [2.24, 2.45) is 0 Å². The first-order chi connectivity index (χ1) is 14.3. The van der Waals surface area contributed by atoms with E-state index in [0.29, 0.717) is 27.9 Å². The first kappa shape index (κ1) is 21.4. The molecule has 1 heterocycles. The summed E-state index contributed by atoms with van der Waals surface area (Å²) in [6, 6.07) is 12.1.